The Kier molecular flexibility index (Phi) is 5.25. The summed E-state index contributed by atoms with van der Waals surface area (Å²) < 4.78 is 5.46. The van der Waals surface area contributed by atoms with E-state index in [1.807, 2.05) is 54.6 Å². The van der Waals surface area contributed by atoms with E-state index in [0.717, 1.165) is 27.8 Å². The fourth-order valence-electron chi connectivity index (χ4n) is 7.13. The molecule has 5 aliphatic rings. The molecule has 3 aromatic carbocycles. The van der Waals surface area contributed by atoms with E-state index in [1.165, 1.54) is 4.90 Å². The lowest BCUT2D eigenvalue weighted by atomic mass is 9.55. The van der Waals surface area contributed by atoms with Gasteiger partial charge in [-0.3, -0.25) is 19.3 Å². The van der Waals surface area contributed by atoms with Crippen LogP contribution >= 0.6 is 0 Å². The Bertz CT molecular complexity index is 1280. The van der Waals surface area contributed by atoms with Crippen LogP contribution in [0.3, 0.4) is 0 Å². The molecule has 2 heterocycles. The van der Waals surface area contributed by atoms with Crippen LogP contribution in [0.4, 0.5) is 0 Å². The first-order valence-electron chi connectivity index (χ1n) is 13.1. The molecule has 0 saturated carbocycles. The van der Waals surface area contributed by atoms with Gasteiger partial charge in [0.05, 0.1) is 25.0 Å². The first kappa shape index (κ1) is 22.4. The summed E-state index contributed by atoms with van der Waals surface area (Å²) >= 11 is 0. The van der Waals surface area contributed by atoms with Gasteiger partial charge in [-0.25, -0.2) is 0 Å². The number of likely N-dealkylation sites (tertiary alicyclic amines) is 1. The molecule has 3 atom stereocenters. The summed E-state index contributed by atoms with van der Waals surface area (Å²) in [5, 5.41) is 0. The highest BCUT2D eigenvalue weighted by molar-refractivity contribution is 6.10. The molecule has 186 valence electrons. The van der Waals surface area contributed by atoms with Gasteiger partial charge in [-0.15, -0.1) is 0 Å². The van der Waals surface area contributed by atoms with Gasteiger partial charge in [-0.1, -0.05) is 78.9 Å². The van der Waals surface area contributed by atoms with Crippen molar-refractivity contribution in [3.05, 3.63) is 107 Å². The van der Waals surface area contributed by atoms with Gasteiger partial charge in [0.15, 0.2) is 0 Å². The number of hydrogen-bond acceptors (Lipinski definition) is 4. The van der Waals surface area contributed by atoms with Crippen molar-refractivity contribution in [1.29, 1.82) is 0 Å². The summed E-state index contributed by atoms with van der Waals surface area (Å²) in [5.74, 6) is -1.93. The topological polar surface area (TPSA) is 66.9 Å². The van der Waals surface area contributed by atoms with Crippen LogP contribution in [0.1, 0.15) is 39.7 Å². The number of imide groups is 1. The third-order valence-electron chi connectivity index (χ3n) is 8.67. The quantitative estimate of drug-likeness (QED) is 0.524. The molecule has 0 radical (unpaired) electrons. The lowest BCUT2D eigenvalue weighted by Crippen LogP contribution is -2.54. The van der Waals surface area contributed by atoms with Crippen LogP contribution in [-0.4, -0.2) is 59.9 Å². The molecule has 3 aromatic rings. The number of carbonyl (C=O) groups excluding carboxylic acids is 3. The van der Waals surface area contributed by atoms with Gasteiger partial charge < -0.3 is 9.64 Å². The van der Waals surface area contributed by atoms with E-state index >= 15 is 0 Å². The highest BCUT2D eigenvalue weighted by Crippen LogP contribution is 2.61. The van der Waals surface area contributed by atoms with Crippen molar-refractivity contribution in [2.75, 3.05) is 26.3 Å². The molecule has 0 N–H and O–H groups in total. The third-order valence-corrected chi connectivity index (χ3v) is 8.67. The minimum atomic E-state index is -0.864. The van der Waals surface area contributed by atoms with Crippen molar-refractivity contribution in [1.82, 2.24) is 9.80 Å². The van der Waals surface area contributed by atoms with E-state index in [4.69, 9.17) is 4.74 Å². The number of nitrogens with zero attached hydrogens (tertiary/aromatic N) is 2. The van der Waals surface area contributed by atoms with Gasteiger partial charge in [0, 0.05) is 31.3 Å². The van der Waals surface area contributed by atoms with Crippen LogP contribution in [-0.2, 0) is 25.5 Å². The SMILES string of the molecule is O=C([C@H](Cc1ccccc1)N1C(=O)[C@@H]2C3c4ccccc4C(c4ccccc43)[C@@H]2C1=O)N1CCOCC1. The monoisotopic (exact) mass is 492 g/mol. The summed E-state index contributed by atoms with van der Waals surface area (Å²) in [7, 11) is 0. The summed E-state index contributed by atoms with van der Waals surface area (Å²) in [6, 6.07) is 25.2. The Balaban J connectivity index is 1.32. The third kappa shape index (κ3) is 3.32. The molecule has 6 heteroatoms. The lowest BCUT2D eigenvalue weighted by Gasteiger charge is -2.45. The van der Waals surface area contributed by atoms with E-state index < -0.39 is 17.9 Å². The van der Waals surface area contributed by atoms with Gasteiger partial charge >= 0.3 is 0 Å². The maximum absolute atomic E-state index is 14.3. The van der Waals surface area contributed by atoms with Crippen molar-refractivity contribution < 1.29 is 19.1 Å². The molecule has 8 rings (SSSR count). The standard InChI is InChI=1S/C31H28N2O4/c34-29(32-14-16-37-17-15-32)24(18-19-8-2-1-3-9-19)33-30(35)27-25-20-10-4-5-11-21(20)26(28(27)31(33)36)23-13-7-6-12-22(23)25/h1-13,24-28H,14-18H2/t24-,25?,26?,27-,28+/m0/s1. The van der Waals surface area contributed by atoms with Gasteiger partial charge in [0.2, 0.25) is 17.7 Å². The Morgan fingerprint density at radius 3 is 1.68 bits per heavy atom. The maximum Gasteiger partial charge on any atom is 0.246 e. The van der Waals surface area contributed by atoms with Gasteiger partial charge in [0.1, 0.15) is 6.04 Å². The smallest absolute Gasteiger partial charge is 0.246 e. The Labute approximate surface area is 215 Å². The van der Waals surface area contributed by atoms with E-state index in [-0.39, 0.29) is 29.6 Å². The normalized spacial score (nSPS) is 26.5. The second-order valence-corrected chi connectivity index (χ2v) is 10.5. The van der Waals surface area contributed by atoms with Crippen LogP contribution < -0.4 is 0 Å². The minimum Gasteiger partial charge on any atom is -0.378 e. The number of morpholine rings is 1. The van der Waals surface area contributed by atoms with Crippen LogP contribution in [0, 0.1) is 11.8 Å². The summed E-state index contributed by atoms with van der Waals surface area (Å²) in [6.45, 7) is 1.86. The zero-order valence-corrected chi connectivity index (χ0v) is 20.5. The fraction of sp³-hybridized carbons (Fsp3) is 0.323. The Hall–Kier alpha value is -3.77. The molecule has 3 amide bonds. The van der Waals surface area contributed by atoms with Crippen molar-refractivity contribution in [3.63, 3.8) is 0 Å². The number of amides is 3. The molecule has 0 aromatic heterocycles. The molecular weight excluding hydrogens is 464 g/mol. The van der Waals surface area contributed by atoms with E-state index in [2.05, 4.69) is 24.3 Å². The van der Waals surface area contributed by atoms with Crippen molar-refractivity contribution in [3.8, 4) is 0 Å². The van der Waals surface area contributed by atoms with Gasteiger partial charge in [-0.05, 0) is 27.8 Å². The first-order valence-corrected chi connectivity index (χ1v) is 13.1. The number of rotatable bonds is 4. The highest BCUT2D eigenvalue weighted by atomic mass is 16.5. The molecule has 2 aliphatic heterocycles. The number of hydrogen-bond donors (Lipinski definition) is 0. The predicted molar refractivity (Wildman–Crippen MR) is 137 cm³/mol. The van der Waals surface area contributed by atoms with Crippen molar-refractivity contribution >= 4 is 17.7 Å². The number of benzene rings is 3. The molecule has 3 aliphatic carbocycles. The zero-order chi connectivity index (χ0) is 25.1. The van der Waals surface area contributed by atoms with Crippen LogP contribution in [0.15, 0.2) is 78.9 Å². The van der Waals surface area contributed by atoms with E-state index in [1.54, 1.807) is 4.90 Å². The Morgan fingerprint density at radius 1 is 0.730 bits per heavy atom. The van der Waals surface area contributed by atoms with E-state index in [0.29, 0.717) is 32.7 Å². The van der Waals surface area contributed by atoms with Gasteiger partial charge in [-0.2, -0.15) is 0 Å². The summed E-state index contributed by atoms with van der Waals surface area (Å²) in [6.07, 6.45) is 0.309. The largest absolute Gasteiger partial charge is 0.378 e. The molecule has 0 unspecified atom stereocenters. The average Bonchev–Trinajstić information content (AvgIpc) is 3.22. The minimum absolute atomic E-state index is 0.171. The number of ether oxygens (including phenoxy) is 1. The molecule has 0 spiro atoms. The molecular formula is C31H28N2O4. The summed E-state index contributed by atoms with van der Waals surface area (Å²) in [5.41, 5.74) is 5.47. The lowest BCUT2D eigenvalue weighted by molar-refractivity contribution is -0.153. The molecule has 37 heavy (non-hydrogen) atoms. The van der Waals surface area contributed by atoms with Crippen molar-refractivity contribution in [2.24, 2.45) is 11.8 Å². The summed E-state index contributed by atoms with van der Waals surface area (Å²) in [4.78, 5) is 45.6. The van der Waals surface area contributed by atoms with Crippen LogP contribution in [0.25, 0.3) is 0 Å². The highest BCUT2D eigenvalue weighted by Gasteiger charge is 2.63. The molecule has 2 bridgehead atoms. The zero-order valence-electron chi connectivity index (χ0n) is 20.5. The maximum atomic E-state index is 14.3. The second kappa shape index (κ2) is 8.67. The average molecular weight is 493 g/mol. The van der Waals surface area contributed by atoms with Crippen molar-refractivity contribution in [2.45, 2.75) is 24.3 Å². The van der Waals surface area contributed by atoms with Crippen LogP contribution in [0.2, 0.25) is 0 Å². The van der Waals surface area contributed by atoms with Gasteiger partial charge in [0.25, 0.3) is 0 Å². The molecule has 2 saturated heterocycles. The van der Waals surface area contributed by atoms with E-state index in [9.17, 15) is 14.4 Å². The molecule has 2 fully saturated rings. The van der Waals surface area contributed by atoms with Crippen LogP contribution in [0.5, 0.6) is 0 Å². The first-order chi connectivity index (χ1) is 18.1. The number of carbonyl (C=O) groups is 3. The second-order valence-electron chi connectivity index (χ2n) is 10.5. The fourth-order valence-corrected chi connectivity index (χ4v) is 7.13. The molecule has 6 nitrogen and oxygen atoms in total. The Morgan fingerprint density at radius 2 is 1.19 bits per heavy atom. The predicted octanol–water partition coefficient (Wildman–Crippen LogP) is 3.35.